The van der Waals surface area contributed by atoms with Crippen LogP contribution < -0.4 is 5.32 Å². The van der Waals surface area contributed by atoms with E-state index in [1.807, 2.05) is 6.08 Å². The Kier molecular flexibility index (Phi) is 66.4. The molecule has 0 aromatic rings. The molecule has 0 fully saturated rings. The van der Waals surface area contributed by atoms with Gasteiger partial charge in [0.25, 0.3) is 0 Å². The van der Waals surface area contributed by atoms with Crippen molar-refractivity contribution in [2.24, 2.45) is 0 Å². The molecule has 6 heteroatoms. The second kappa shape index (κ2) is 68.3. The van der Waals surface area contributed by atoms with Crippen molar-refractivity contribution < 1.29 is 24.5 Å². The maximum atomic E-state index is 12.5. The van der Waals surface area contributed by atoms with Crippen molar-refractivity contribution in [1.29, 1.82) is 0 Å². The van der Waals surface area contributed by atoms with E-state index in [1.165, 1.54) is 302 Å². The number of rotatable bonds is 66. The fraction of sp³-hybridized carbons (Fsp3) is 0.863. The van der Waals surface area contributed by atoms with E-state index in [2.05, 4.69) is 55.6 Å². The van der Waals surface area contributed by atoms with Crippen LogP contribution in [0.5, 0.6) is 0 Å². The Labute approximate surface area is 493 Å². The average molecular weight is 1110 g/mol. The van der Waals surface area contributed by atoms with E-state index < -0.39 is 12.1 Å². The van der Waals surface area contributed by atoms with Gasteiger partial charge in [0.1, 0.15) is 0 Å². The standard InChI is InChI=1S/C73H137NO5/c1-3-5-7-9-11-13-15-17-18-19-32-35-38-42-45-49-53-57-61-65-71(76)70(69-75)74-72(77)66-62-58-54-50-46-43-39-36-33-30-28-26-24-22-20-21-23-25-27-29-31-34-37-40-44-48-52-56-60-64-68-79-73(78)67-63-59-55-51-47-41-16-14-12-10-8-6-4-2/h8,10,14,16,21,23,61,65,70-71,75-76H,3-7,9,11-13,15,17-20,22,24-60,62-64,66-69H2,1-2H3,(H,74,77)/b10-8-,16-14-,23-21-,65-61+. The minimum Gasteiger partial charge on any atom is -0.466 e. The SMILES string of the molecule is CCC/C=C\C/C=C\CCCCCCCC(=O)OCCCCCCCCCCCCCC/C=C\CCCCCCCCCCCCCCCCC(=O)NC(CO)C(O)/C=C/CCCCCCCCCCCCCCCCCCC. The number of hydrogen-bond donors (Lipinski definition) is 3. The summed E-state index contributed by atoms with van der Waals surface area (Å²) in [5.41, 5.74) is 0. The Balaban J connectivity index is 3.40. The Morgan fingerprint density at radius 3 is 1.03 bits per heavy atom. The van der Waals surface area contributed by atoms with Crippen LogP contribution >= 0.6 is 0 Å². The Bertz CT molecular complexity index is 1320. The summed E-state index contributed by atoms with van der Waals surface area (Å²) in [5.74, 6) is -0.0622. The summed E-state index contributed by atoms with van der Waals surface area (Å²) in [5, 5.41) is 23.2. The largest absolute Gasteiger partial charge is 0.466 e. The number of amides is 1. The van der Waals surface area contributed by atoms with Crippen molar-refractivity contribution in [2.45, 2.75) is 392 Å². The number of carbonyl (C=O) groups is 2. The van der Waals surface area contributed by atoms with E-state index >= 15 is 0 Å². The quantitative estimate of drug-likeness (QED) is 0.0320. The molecule has 0 heterocycles. The van der Waals surface area contributed by atoms with Gasteiger partial charge in [-0.15, -0.1) is 0 Å². The van der Waals surface area contributed by atoms with E-state index in [4.69, 9.17) is 4.74 Å². The number of nitrogens with one attached hydrogen (secondary N) is 1. The first-order chi connectivity index (χ1) is 39.0. The highest BCUT2D eigenvalue weighted by Gasteiger charge is 2.18. The highest BCUT2D eigenvalue weighted by molar-refractivity contribution is 5.76. The Morgan fingerprint density at radius 1 is 0.354 bits per heavy atom. The molecule has 0 saturated carbocycles. The van der Waals surface area contributed by atoms with E-state index in [0.29, 0.717) is 19.4 Å². The van der Waals surface area contributed by atoms with Gasteiger partial charge in [-0.2, -0.15) is 0 Å². The van der Waals surface area contributed by atoms with Gasteiger partial charge in [0, 0.05) is 12.8 Å². The van der Waals surface area contributed by atoms with E-state index in [1.54, 1.807) is 6.08 Å². The zero-order valence-corrected chi connectivity index (χ0v) is 53.1. The zero-order valence-electron chi connectivity index (χ0n) is 53.1. The third-order valence-corrected chi connectivity index (χ3v) is 16.3. The number of aliphatic hydroxyl groups is 2. The van der Waals surface area contributed by atoms with Gasteiger partial charge in [-0.05, 0) is 83.5 Å². The first-order valence-corrected chi connectivity index (χ1v) is 35.4. The van der Waals surface area contributed by atoms with Crippen LogP contribution in [-0.4, -0.2) is 47.4 Å². The second-order valence-corrected chi connectivity index (χ2v) is 24.2. The average Bonchev–Trinajstić information content (AvgIpc) is 3.45. The fourth-order valence-corrected chi connectivity index (χ4v) is 10.9. The Morgan fingerprint density at radius 2 is 0.658 bits per heavy atom. The first kappa shape index (κ1) is 76.8. The summed E-state index contributed by atoms with van der Waals surface area (Å²) in [7, 11) is 0. The zero-order chi connectivity index (χ0) is 57.1. The monoisotopic (exact) mass is 1110 g/mol. The van der Waals surface area contributed by atoms with Crippen molar-refractivity contribution >= 4 is 11.9 Å². The Hall–Kier alpha value is -2.18. The number of hydrogen-bond acceptors (Lipinski definition) is 5. The summed E-state index contributed by atoms with van der Waals surface area (Å²) < 4.78 is 5.47. The first-order valence-electron chi connectivity index (χ1n) is 35.4. The molecule has 79 heavy (non-hydrogen) atoms. The van der Waals surface area contributed by atoms with Crippen LogP contribution in [0.3, 0.4) is 0 Å². The maximum Gasteiger partial charge on any atom is 0.305 e. The maximum absolute atomic E-state index is 12.5. The molecular weight excluding hydrogens is 971 g/mol. The lowest BCUT2D eigenvalue weighted by atomic mass is 10.0. The van der Waals surface area contributed by atoms with Gasteiger partial charge >= 0.3 is 5.97 Å². The molecule has 0 radical (unpaired) electrons. The van der Waals surface area contributed by atoms with Crippen molar-refractivity contribution in [3.8, 4) is 0 Å². The molecule has 3 N–H and O–H groups in total. The van der Waals surface area contributed by atoms with E-state index in [-0.39, 0.29) is 18.5 Å². The van der Waals surface area contributed by atoms with E-state index in [9.17, 15) is 19.8 Å². The smallest absolute Gasteiger partial charge is 0.305 e. The molecule has 0 aromatic heterocycles. The van der Waals surface area contributed by atoms with Gasteiger partial charge in [-0.1, -0.05) is 332 Å². The molecule has 0 rings (SSSR count). The minimum absolute atomic E-state index is 0.00143. The third-order valence-electron chi connectivity index (χ3n) is 16.3. The van der Waals surface area contributed by atoms with Gasteiger partial charge in [-0.3, -0.25) is 9.59 Å². The molecular formula is C73H137NO5. The van der Waals surface area contributed by atoms with Crippen LogP contribution in [0.25, 0.3) is 0 Å². The summed E-state index contributed by atoms with van der Waals surface area (Å²) in [6.07, 6.45) is 89.1. The van der Waals surface area contributed by atoms with Crippen LogP contribution in [0, 0.1) is 0 Å². The predicted molar refractivity (Wildman–Crippen MR) is 347 cm³/mol. The molecule has 464 valence electrons. The van der Waals surface area contributed by atoms with Gasteiger partial charge < -0.3 is 20.3 Å². The van der Waals surface area contributed by atoms with Gasteiger partial charge in [0.05, 0.1) is 25.4 Å². The number of ether oxygens (including phenoxy) is 1. The lowest BCUT2D eigenvalue weighted by Crippen LogP contribution is -2.45. The number of aliphatic hydroxyl groups excluding tert-OH is 2. The van der Waals surface area contributed by atoms with Gasteiger partial charge in [-0.25, -0.2) is 0 Å². The molecule has 1 amide bonds. The number of unbranched alkanes of at least 4 members (excludes halogenated alkanes) is 49. The topological polar surface area (TPSA) is 95.9 Å². The molecule has 0 bridgehead atoms. The molecule has 0 aliphatic rings. The summed E-state index contributed by atoms with van der Waals surface area (Å²) in [4.78, 5) is 24.5. The molecule has 0 spiro atoms. The second-order valence-electron chi connectivity index (χ2n) is 24.2. The molecule has 0 saturated heterocycles. The highest BCUT2D eigenvalue weighted by Crippen LogP contribution is 2.18. The third kappa shape index (κ3) is 64.8. The number of esters is 1. The minimum atomic E-state index is -0.845. The molecule has 0 aliphatic carbocycles. The lowest BCUT2D eigenvalue weighted by molar-refractivity contribution is -0.143. The summed E-state index contributed by atoms with van der Waals surface area (Å²) in [6, 6.07) is -0.628. The summed E-state index contributed by atoms with van der Waals surface area (Å²) >= 11 is 0. The van der Waals surface area contributed by atoms with Gasteiger partial charge in [0.2, 0.25) is 5.91 Å². The molecule has 0 aliphatic heterocycles. The predicted octanol–water partition coefficient (Wildman–Crippen LogP) is 22.9. The van der Waals surface area contributed by atoms with Crippen molar-refractivity contribution in [1.82, 2.24) is 5.32 Å². The van der Waals surface area contributed by atoms with Crippen LogP contribution in [0.4, 0.5) is 0 Å². The fourth-order valence-electron chi connectivity index (χ4n) is 10.9. The molecule has 0 aromatic carbocycles. The molecule has 2 atom stereocenters. The van der Waals surface area contributed by atoms with Crippen LogP contribution in [0.15, 0.2) is 48.6 Å². The molecule has 2 unspecified atom stereocenters. The van der Waals surface area contributed by atoms with Crippen molar-refractivity contribution in [2.75, 3.05) is 13.2 Å². The van der Waals surface area contributed by atoms with E-state index in [0.717, 1.165) is 51.4 Å². The molecule has 6 nitrogen and oxygen atoms in total. The summed E-state index contributed by atoms with van der Waals surface area (Å²) in [6.45, 7) is 4.86. The number of carbonyl (C=O) groups excluding carboxylic acids is 2. The van der Waals surface area contributed by atoms with Gasteiger partial charge in [0.15, 0.2) is 0 Å². The van der Waals surface area contributed by atoms with Crippen LogP contribution in [0.2, 0.25) is 0 Å². The van der Waals surface area contributed by atoms with Crippen LogP contribution in [0.1, 0.15) is 380 Å². The highest BCUT2D eigenvalue weighted by atomic mass is 16.5. The van der Waals surface area contributed by atoms with Crippen LogP contribution in [-0.2, 0) is 14.3 Å². The normalized spacial score (nSPS) is 12.8. The number of allylic oxidation sites excluding steroid dienone is 7. The lowest BCUT2D eigenvalue weighted by Gasteiger charge is -2.20. The van der Waals surface area contributed by atoms with Crippen molar-refractivity contribution in [3.05, 3.63) is 48.6 Å². The van der Waals surface area contributed by atoms with Crippen molar-refractivity contribution in [3.63, 3.8) is 0 Å².